The van der Waals surface area contributed by atoms with Crippen LogP contribution < -0.4 is 10.1 Å². The highest BCUT2D eigenvalue weighted by Crippen LogP contribution is 2.23. The number of H-pyrrole nitrogens is 1. The second-order valence-corrected chi connectivity index (χ2v) is 7.54. The number of fused-ring (bicyclic) bond motifs is 1. The molecule has 0 aliphatic heterocycles. The van der Waals surface area contributed by atoms with Crippen molar-refractivity contribution in [3.05, 3.63) is 65.9 Å². The van der Waals surface area contributed by atoms with Crippen LogP contribution in [0.1, 0.15) is 38.3 Å². The van der Waals surface area contributed by atoms with Crippen LogP contribution in [0.15, 0.2) is 54.7 Å². The number of rotatable bonds is 7. The molecule has 2 aromatic carbocycles. The van der Waals surface area contributed by atoms with Crippen LogP contribution in [0, 0.1) is 0 Å². The summed E-state index contributed by atoms with van der Waals surface area (Å²) in [6.07, 6.45) is 7.24. The normalized spacial score (nSPS) is 12.1. The summed E-state index contributed by atoms with van der Waals surface area (Å²) in [5.41, 5.74) is 3.61. The lowest BCUT2D eigenvalue weighted by molar-refractivity contribution is 0.297. The van der Waals surface area contributed by atoms with E-state index in [1.807, 2.05) is 24.4 Å². The quantitative estimate of drug-likeness (QED) is 0.437. The summed E-state index contributed by atoms with van der Waals surface area (Å²) in [5.74, 6) is 0.931. The fraction of sp³-hybridized carbons (Fsp3) is 0.304. The Morgan fingerprint density at radius 2 is 1.73 bits per heavy atom. The van der Waals surface area contributed by atoms with E-state index in [0.717, 1.165) is 29.8 Å². The number of benzene rings is 2. The highest BCUT2D eigenvalue weighted by molar-refractivity contribution is 5.91. The summed E-state index contributed by atoms with van der Waals surface area (Å²) in [5, 5.41) is 4.72. The van der Waals surface area contributed by atoms with Crippen LogP contribution in [-0.4, -0.2) is 23.7 Å². The standard InChI is InChI=1S/C23H28N2O/c1-23(2,3)25-15-7-17-26-22-11-5-4-8-19(22)13-12-18-9-6-10-21-20(18)14-16-24-21/h4-6,8-14,16,24-25H,7,15,17H2,1-3H3. The van der Waals surface area contributed by atoms with Gasteiger partial charge in [0.1, 0.15) is 5.75 Å². The molecule has 0 bridgehead atoms. The van der Waals surface area contributed by atoms with Gasteiger partial charge >= 0.3 is 0 Å². The van der Waals surface area contributed by atoms with Crippen molar-refractivity contribution in [1.82, 2.24) is 10.3 Å². The van der Waals surface area contributed by atoms with Gasteiger partial charge in [-0.05, 0) is 57.5 Å². The molecule has 0 aliphatic rings. The summed E-state index contributed by atoms with van der Waals surface area (Å²) in [4.78, 5) is 3.26. The molecule has 1 aromatic heterocycles. The van der Waals surface area contributed by atoms with Gasteiger partial charge in [-0.2, -0.15) is 0 Å². The van der Waals surface area contributed by atoms with Gasteiger partial charge in [0.15, 0.2) is 0 Å². The van der Waals surface area contributed by atoms with E-state index < -0.39 is 0 Å². The summed E-state index contributed by atoms with van der Waals surface area (Å²) >= 11 is 0. The van der Waals surface area contributed by atoms with Crippen LogP contribution in [0.4, 0.5) is 0 Å². The van der Waals surface area contributed by atoms with Crippen LogP contribution in [0.2, 0.25) is 0 Å². The van der Waals surface area contributed by atoms with Crippen molar-refractivity contribution < 1.29 is 4.74 Å². The molecule has 0 saturated carbocycles. The molecule has 0 spiro atoms. The number of hydrogen-bond acceptors (Lipinski definition) is 2. The second-order valence-electron chi connectivity index (χ2n) is 7.54. The van der Waals surface area contributed by atoms with Crippen molar-refractivity contribution in [3.63, 3.8) is 0 Å². The van der Waals surface area contributed by atoms with Crippen LogP contribution >= 0.6 is 0 Å². The van der Waals surface area contributed by atoms with E-state index >= 15 is 0 Å². The van der Waals surface area contributed by atoms with E-state index in [4.69, 9.17) is 4.74 Å². The predicted molar refractivity (Wildman–Crippen MR) is 112 cm³/mol. The Labute approximate surface area is 156 Å². The summed E-state index contributed by atoms with van der Waals surface area (Å²) in [6.45, 7) is 8.20. The van der Waals surface area contributed by atoms with Gasteiger partial charge in [0.25, 0.3) is 0 Å². The molecule has 0 unspecified atom stereocenters. The number of aromatic nitrogens is 1. The third kappa shape index (κ3) is 4.99. The van der Waals surface area contributed by atoms with Crippen LogP contribution in [0.25, 0.3) is 23.1 Å². The molecule has 1 heterocycles. The summed E-state index contributed by atoms with van der Waals surface area (Å²) in [6, 6.07) is 16.6. The zero-order chi connectivity index (χ0) is 18.4. The maximum atomic E-state index is 6.02. The Kier molecular flexibility index (Phi) is 5.79. The van der Waals surface area contributed by atoms with Gasteiger partial charge < -0.3 is 15.0 Å². The number of aromatic amines is 1. The molecule has 3 heteroatoms. The summed E-state index contributed by atoms with van der Waals surface area (Å²) < 4.78 is 6.02. The maximum Gasteiger partial charge on any atom is 0.126 e. The van der Waals surface area contributed by atoms with Crippen molar-refractivity contribution in [1.29, 1.82) is 0 Å². The Hall–Kier alpha value is -2.52. The summed E-state index contributed by atoms with van der Waals surface area (Å²) in [7, 11) is 0. The van der Waals surface area contributed by atoms with Gasteiger partial charge in [-0.15, -0.1) is 0 Å². The fourth-order valence-corrected chi connectivity index (χ4v) is 2.90. The minimum Gasteiger partial charge on any atom is -0.493 e. The molecule has 0 fully saturated rings. The third-order valence-corrected chi connectivity index (χ3v) is 4.22. The minimum atomic E-state index is 0.153. The topological polar surface area (TPSA) is 37.0 Å². The van der Waals surface area contributed by atoms with Gasteiger partial charge in [0, 0.05) is 28.2 Å². The highest BCUT2D eigenvalue weighted by atomic mass is 16.5. The third-order valence-electron chi connectivity index (χ3n) is 4.22. The predicted octanol–water partition coefficient (Wildman–Crippen LogP) is 5.50. The van der Waals surface area contributed by atoms with Gasteiger partial charge in [-0.1, -0.05) is 42.5 Å². The van der Waals surface area contributed by atoms with Crippen molar-refractivity contribution in [3.8, 4) is 5.75 Å². The molecule has 0 amide bonds. The van der Waals surface area contributed by atoms with Gasteiger partial charge in [0.2, 0.25) is 0 Å². The maximum absolute atomic E-state index is 6.02. The number of nitrogens with one attached hydrogen (secondary N) is 2. The SMILES string of the molecule is CC(C)(C)NCCCOc1ccccc1C=Cc1cccc2[nH]ccc12. The molecule has 26 heavy (non-hydrogen) atoms. The molecule has 3 rings (SSSR count). The Bertz CT molecular complexity index is 871. The van der Waals surface area contributed by atoms with E-state index in [-0.39, 0.29) is 5.54 Å². The van der Waals surface area contributed by atoms with Crippen LogP contribution in [0.5, 0.6) is 5.75 Å². The first-order chi connectivity index (χ1) is 12.5. The van der Waals surface area contributed by atoms with Crippen LogP contribution in [0.3, 0.4) is 0 Å². The number of hydrogen-bond donors (Lipinski definition) is 2. The first-order valence-corrected chi connectivity index (χ1v) is 9.24. The molecule has 0 atom stereocenters. The van der Waals surface area contributed by atoms with E-state index in [1.54, 1.807) is 0 Å². The monoisotopic (exact) mass is 348 g/mol. The molecular weight excluding hydrogens is 320 g/mol. The van der Waals surface area contributed by atoms with Crippen molar-refractivity contribution in [2.75, 3.05) is 13.2 Å². The van der Waals surface area contributed by atoms with Gasteiger partial charge in [-0.25, -0.2) is 0 Å². The lowest BCUT2D eigenvalue weighted by Crippen LogP contribution is -2.36. The second kappa shape index (κ2) is 8.24. The van der Waals surface area contributed by atoms with Gasteiger partial charge in [0.05, 0.1) is 6.61 Å². The zero-order valence-electron chi connectivity index (χ0n) is 15.9. The average Bonchev–Trinajstić information content (AvgIpc) is 3.09. The number of para-hydroxylation sites is 1. The Balaban J connectivity index is 1.65. The van der Waals surface area contributed by atoms with E-state index in [9.17, 15) is 0 Å². The molecule has 2 N–H and O–H groups in total. The molecule has 0 radical (unpaired) electrons. The number of ether oxygens (including phenoxy) is 1. The lowest BCUT2D eigenvalue weighted by atomic mass is 10.1. The molecule has 3 aromatic rings. The Morgan fingerprint density at radius 1 is 0.962 bits per heavy atom. The Morgan fingerprint density at radius 3 is 2.58 bits per heavy atom. The first-order valence-electron chi connectivity index (χ1n) is 9.24. The molecular formula is C23H28N2O. The highest BCUT2D eigenvalue weighted by Gasteiger charge is 2.07. The van der Waals surface area contributed by atoms with Crippen molar-refractivity contribution in [2.45, 2.75) is 32.7 Å². The van der Waals surface area contributed by atoms with E-state index in [0.29, 0.717) is 6.61 Å². The first kappa shape index (κ1) is 18.3. The fourth-order valence-electron chi connectivity index (χ4n) is 2.90. The van der Waals surface area contributed by atoms with E-state index in [1.165, 1.54) is 10.9 Å². The van der Waals surface area contributed by atoms with Crippen LogP contribution in [-0.2, 0) is 0 Å². The smallest absolute Gasteiger partial charge is 0.126 e. The van der Waals surface area contributed by atoms with E-state index in [2.05, 4.69) is 73.6 Å². The minimum absolute atomic E-state index is 0.153. The molecule has 0 saturated heterocycles. The van der Waals surface area contributed by atoms with Gasteiger partial charge in [-0.3, -0.25) is 0 Å². The van der Waals surface area contributed by atoms with Crippen molar-refractivity contribution in [2.24, 2.45) is 0 Å². The average molecular weight is 348 g/mol. The zero-order valence-corrected chi connectivity index (χ0v) is 15.9. The lowest BCUT2D eigenvalue weighted by Gasteiger charge is -2.20. The molecule has 0 aliphatic carbocycles. The molecule has 3 nitrogen and oxygen atoms in total. The molecule has 136 valence electrons. The van der Waals surface area contributed by atoms with Crippen molar-refractivity contribution >= 4 is 23.1 Å². The largest absolute Gasteiger partial charge is 0.493 e.